The summed E-state index contributed by atoms with van der Waals surface area (Å²) in [7, 11) is 1.58. The second kappa shape index (κ2) is 8.21. The molecule has 0 unspecified atom stereocenters. The highest BCUT2D eigenvalue weighted by Crippen LogP contribution is 2.30. The molecule has 0 N–H and O–H groups in total. The van der Waals surface area contributed by atoms with Crippen molar-refractivity contribution in [2.24, 2.45) is 5.92 Å². The SMILES string of the molecule is COc1cccc2cc(C(=O)N3CCC(Cn4cnc(C(C)(C)C)cc4=O)CC3)oc12. The van der Waals surface area contributed by atoms with Crippen molar-refractivity contribution in [2.45, 2.75) is 45.6 Å². The number of piperidine rings is 1. The highest BCUT2D eigenvalue weighted by molar-refractivity contribution is 5.97. The van der Waals surface area contributed by atoms with Gasteiger partial charge in [0, 0.05) is 36.5 Å². The van der Waals surface area contributed by atoms with Gasteiger partial charge in [0.25, 0.3) is 11.5 Å². The van der Waals surface area contributed by atoms with Gasteiger partial charge in [0.2, 0.25) is 0 Å². The van der Waals surface area contributed by atoms with Gasteiger partial charge >= 0.3 is 0 Å². The van der Waals surface area contributed by atoms with Gasteiger partial charge in [0.05, 0.1) is 19.1 Å². The van der Waals surface area contributed by atoms with E-state index in [4.69, 9.17) is 9.15 Å². The lowest BCUT2D eigenvalue weighted by molar-refractivity contribution is 0.0652. The number of hydrogen-bond acceptors (Lipinski definition) is 5. The number of rotatable bonds is 4. The Balaban J connectivity index is 1.40. The monoisotopic (exact) mass is 423 g/mol. The van der Waals surface area contributed by atoms with Gasteiger partial charge in [-0.2, -0.15) is 0 Å². The molecule has 1 aromatic carbocycles. The first kappa shape index (κ1) is 21.2. The second-order valence-corrected chi connectivity index (χ2v) is 9.24. The molecular weight excluding hydrogens is 394 g/mol. The van der Waals surface area contributed by atoms with E-state index in [2.05, 4.69) is 4.98 Å². The molecule has 1 aliphatic heterocycles. The maximum atomic E-state index is 12.9. The predicted molar refractivity (Wildman–Crippen MR) is 119 cm³/mol. The van der Waals surface area contributed by atoms with Gasteiger partial charge in [0.1, 0.15) is 0 Å². The Labute approximate surface area is 181 Å². The maximum Gasteiger partial charge on any atom is 0.289 e. The van der Waals surface area contributed by atoms with Crippen LogP contribution in [0.1, 0.15) is 49.9 Å². The Bertz CT molecular complexity index is 1150. The van der Waals surface area contributed by atoms with Crippen LogP contribution in [0.4, 0.5) is 0 Å². The first-order valence-electron chi connectivity index (χ1n) is 10.7. The Morgan fingerprint density at radius 3 is 2.61 bits per heavy atom. The average Bonchev–Trinajstić information content (AvgIpc) is 3.19. The molecule has 164 valence electrons. The third-order valence-corrected chi connectivity index (χ3v) is 5.94. The normalized spacial score (nSPS) is 15.4. The summed E-state index contributed by atoms with van der Waals surface area (Å²) in [6.45, 7) is 8.04. The Kier molecular flexibility index (Phi) is 5.60. The van der Waals surface area contributed by atoms with Crippen LogP contribution in [0.5, 0.6) is 5.75 Å². The van der Waals surface area contributed by atoms with Gasteiger partial charge in [-0.05, 0) is 30.9 Å². The van der Waals surface area contributed by atoms with E-state index in [1.54, 1.807) is 30.1 Å². The van der Waals surface area contributed by atoms with E-state index in [1.807, 2.05) is 43.9 Å². The smallest absolute Gasteiger partial charge is 0.289 e. The summed E-state index contributed by atoms with van der Waals surface area (Å²) in [6.07, 6.45) is 3.33. The van der Waals surface area contributed by atoms with Gasteiger partial charge < -0.3 is 14.1 Å². The van der Waals surface area contributed by atoms with Gasteiger partial charge in [-0.1, -0.05) is 32.9 Å². The fourth-order valence-corrected chi connectivity index (χ4v) is 4.03. The number of benzene rings is 1. The van der Waals surface area contributed by atoms with E-state index in [0.717, 1.165) is 23.9 Å². The lowest BCUT2D eigenvalue weighted by atomic mass is 9.92. The molecule has 0 aliphatic carbocycles. The molecule has 0 spiro atoms. The van der Waals surface area contributed by atoms with Crippen LogP contribution in [0, 0.1) is 5.92 Å². The molecule has 1 aliphatic rings. The third-order valence-electron chi connectivity index (χ3n) is 5.94. The molecule has 7 heteroatoms. The molecule has 0 saturated carbocycles. The summed E-state index contributed by atoms with van der Waals surface area (Å²) in [4.78, 5) is 31.7. The number of furan rings is 1. The van der Waals surface area contributed by atoms with Crippen LogP contribution in [0.2, 0.25) is 0 Å². The van der Waals surface area contributed by atoms with Crippen LogP contribution in [0.3, 0.4) is 0 Å². The molecule has 0 atom stereocenters. The van der Waals surface area contributed by atoms with Gasteiger partial charge in [0.15, 0.2) is 17.1 Å². The minimum absolute atomic E-state index is 0.0188. The number of ether oxygens (including phenoxy) is 1. The van der Waals surface area contributed by atoms with Crippen molar-refractivity contribution in [2.75, 3.05) is 20.2 Å². The Hall–Kier alpha value is -3.09. The largest absolute Gasteiger partial charge is 0.493 e. The number of nitrogens with zero attached hydrogens (tertiary/aromatic N) is 3. The van der Waals surface area contributed by atoms with E-state index in [1.165, 1.54) is 0 Å². The molecule has 1 amide bonds. The molecule has 4 rings (SSSR count). The standard InChI is InChI=1S/C24H29N3O4/c1-24(2,3)20-13-21(28)27(15-25-20)14-16-8-10-26(11-9-16)23(29)19-12-17-6-5-7-18(30-4)22(17)31-19/h5-7,12-13,15-16H,8-11,14H2,1-4H3. The summed E-state index contributed by atoms with van der Waals surface area (Å²) in [5.41, 5.74) is 1.23. The van der Waals surface area contributed by atoms with Crippen molar-refractivity contribution in [3.8, 4) is 5.75 Å². The van der Waals surface area contributed by atoms with Crippen LogP contribution in [0.15, 0.2) is 45.9 Å². The molecule has 0 radical (unpaired) electrons. The van der Waals surface area contributed by atoms with Crippen molar-refractivity contribution in [3.63, 3.8) is 0 Å². The van der Waals surface area contributed by atoms with Crippen LogP contribution < -0.4 is 10.3 Å². The molecule has 0 bridgehead atoms. The topological polar surface area (TPSA) is 77.6 Å². The lowest BCUT2D eigenvalue weighted by Crippen LogP contribution is -2.40. The summed E-state index contributed by atoms with van der Waals surface area (Å²) in [6, 6.07) is 9.00. The third kappa shape index (κ3) is 4.36. The number of para-hydroxylation sites is 1. The summed E-state index contributed by atoms with van der Waals surface area (Å²) in [5.74, 6) is 1.17. The van der Waals surface area contributed by atoms with Gasteiger partial charge in [-0.15, -0.1) is 0 Å². The molecular formula is C24H29N3O4. The van der Waals surface area contributed by atoms with E-state index in [0.29, 0.717) is 42.6 Å². The van der Waals surface area contributed by atoms with E-state index in [-0.39, 0.29) is 16.9 Å². The van der Waals surface area contributed by atoms with Crippen LogP contribution in [0.25, 0.3) is 11.0 Å². The minimum atomic E-state index is -0.148. The number of likely N-dealkylation sites (tertiary alicyclic amines) is 1. The highest BCUT2D eigenvalue weighted by atomic mass is 16.5. The van der Waals surface area contributed by atoms with Crippen molar-refractivity contribution >= 4 is 16.9 Å². The van der Waals surface area contributed by atoms with Gasteiger partial charge in [-0.25, -0.2) is 4.98 Å². The number of aromatic nitrogens is 2. The van der Waals surface area contributed by atoms with Crippen molar-refractivity contribution in [1.29, 1.82) is 0 Å². The zero-order valence-corrected chi connectivity index (χ0v) is 18.6. The van der Waals surface area contributed by atoms with E-state index >= 15 is 0 Å². The number of methoxy groups -OCH3 is 1. The van der Waals surface area contributed by atoms with Crippen LogP contribution in [-0.2, 0) is 12.0 Å². The molecule has 3 heterocycles. The maximum absolute atomic E-state index is 12.9. The summed E-state index contributed by atoms with van der Waals surface area (Å²) >= 11 is 0. The first-order valence-corrected chi connectivity index (χ1v) is 10.7. The zero-order valence-electron chi connectivity index (χ0n) is 18.6. The van der Waals surface area contributed by atoms with E-state index in [9.17, 15) is 9.59 Å². The molecule has 31 heavy (non-hydrogen) atoms. The van der Waals surface area contributed by atoms with Crippen molar-refractivity contribution in [3.05, 3.63) is 58.5 Å². The lowest BCUT2D eigenvalue weighted by Gasteiger charge is -2.31. The number of amides is 1. The highest BCUT2D eigenvalue weighted by Gasteiger charge is 2.27. The molecule has 3 aromatic rings. The Morgan fingerprint density at radius 1 is 1.23 bits per heavy atom. The fourth-order valence-electron chi connectivity index (χ4n) is 4.03. The zero-order chi connectivity index (χ0) is 22.2. The molecule has 1 saturated heterocycles. The molecule has 7 nitrogen and oxygen atoms in total. The number of carbonyl (C=O) groups is 1. The molecule has 1 fully saturated rings. The fraction of sp³-hybridized carbons (Fsp3) is 0.458. The predicted octanol–water partition coefficient (Wildman–Crippen LogP) is 3.85. The first-order chi connectivity index (χ1) is 14.8. The number of fused-ring (bicyclic) bond motifs is 1. The molecule has 2 aromatic heterocycles. The quantitative estimate of drug-likeness (QED) is 0.637. The second-order valence-electron chi connectivity index (χ2n) is 9.24. The van der Waals surface area contributed by atoms with Crippen LogP contribution in [-0.4, -0.2) is 40.6 Å². The number of carbonyl (C=O) groups excluding carboxylic acids is 1. The van der Waals surface area contributed by atoms with Gasteiger partial charge in [-0.3, -0.25) is 14.2 Å². The Morgan fingerprint density at radius 2 is 1.97 bits per heavy atom. The van der Waals surface area contributed by atoms with Crippen molar-refractivity contribution in [1.82, 2.24) is 14.5 Å². The number of hydrogen-bond donors (Lipinski definition) is 0. The average molecular weight is 424 g/mol. The van der Waals surface area contributed by atoms with E-state index < -0.39 is 0 Å². The van der Waals surface area contributed by atoms with Crippen LogP contribution >= 0.6 is 0 Å². The summed E-state index contributed by atoms with van der Waals surface area (Å²) in [5, 5.41) is 0.850. The minimum Gasteiger partial charge on any atom is -0.493 e. The summed E-state index contributed by atoms with van der Waals surface area (Å²) < 4.78 is 12.8. The van der Waals surface area contributed by atoms with Crippen molar-refractivity contribution < 1.29 is 13.9 Å².